The van der Waals surface area contributed by atoms with Gasteiger partial charge in [0.1, 0.15) is 5.60 Å². The van der Waals surface area contributed by atoms with E-state index in [1.54, 1.807) is 6.92 Å². The molecule has 4 aliphatic rings. The number of rotatable bonds is 1. The van der Waals surface area contributed by atoms with Crippen molar-refractivity contribution in [2.24, 2.45) is 34.5 Å². The first kappa shape index (κ1) is 17.7. The monoisotopic (exact) mass is 346 g/mol. The Morgan fingerprint density at radius 3 is 2.60 bits per heavy atom. The molecule has 25 heavy (non-hydrogen) atoms. The molecular weight excluding hydrogens is 312 g/mol. The van der Waals surface area contributed by atoms with E-state index in [2.05, 4.69) is 26.8 Å². The summed E-state index contributed by atoms with van der Waals surface area (Å²) in [5, 5.41) is 21.5. The third kappa shape index (κ3) is 2.09. The summed E-state index contributed by atoms with van der Waals surface area (Å²) in [7, 11) is 0. The van der Waals surface area contributed by atoms with Crippen molar-refractivity contribution >= 4 is 5.78 Å². The highest BCUT2D eigenvalue weighted by Gasteiger charge is 2.67. The molecule has 4 rings (SSSR count). The van der Waals surface area contributed by atoms with Crippen LogP contribution in [0.4, 0.5) is 0 Å². The number of Topliss-reactive ketones (excluding diaryl/α,β-unsaturated/α-hetero) is 1. The van der Waals surface area contributed by atoms with Crippen molar-refractivity contribution in [1.29, 1.82) is 0 Å². The first-order valence-electron chi connectivity index (χ1n) is 10.3. The van der Waals surface area contributed by atoms with Gasteiger partial charge in [-0.25, -0.2) is 0 Å². The van der Waals surface area contributed by atoms with Crippen molar-refractivity contribution in [3.05, 3.63) is 11.6 Å². The molecular formula is C22H34O3. The fourth-order valence-electron chi connectivity index (χ4n) is 7.73. The summed E-state index contributed by atoms with van der Waals surface area (Å²) in [5.74, 6) is 1.64. The van der Waals surface area contributed by atoms with Crippen LogP contribution in [0.3, 0.4) is 0 Å². The van der Waals surface area contributed by atoms with E-state index in [9.17, 15) is 15.0 Å². The molecule has 4 aliphatic carbocycles. The average Bonchev–Trinajstić information content (AvgIpc) is 2.77. The second-order valence-corrected chi connectivity index (χ2v) is 10.1. The molecule has 0 spiro atoms. The van der Waals surface area contributed by atoms with Gasteiger partial charge in [0.05, 0.1) is 6.10 Å². The number of hydrogen-bond acceptors (Lipinski definition) is 3. The SMILES string of the molecule is CC(=O)[C@@]1(O)[C@H](C)CC2[C@@H]3CC=C4C[C@@H](O)CC[C@]4(C)C3CC[C@@]21C. The van der Waals surface area contributed by atoms with Crippen LogP contribution in [0.2, 0.25) is 0 Å². The molecule has 0 amide bonds. The summed E-state index contributed by atoms with van der Waals surface area (Å²) in [6.45, 7) is 8.26. The predicted octanol–water partition coefficient (Wildman–Crippen LogP) is 3.88. The van der Waals surface area contributed by atoms with Gasteiger partial charge in [-0.15, -0.1) is 0 Å². The lowest BCUT2D eigenvalue weighted by Gasteiger charge is -2.58. The normalized spacial score (nSPS) is 55.0. The average molecular weight is 347 g/mol. The molecule has 0 bridgehead atoms. The second-order valence-electron chi connectivity index (χ2n) is 10.1. The van der Waals surface area contributed by atoms with Crippen LogP contribution in [-0.4, -0.2) is 27.7 Å². The third-order valence-electron chi connectivity index (χ3n) is 9.20. The number of aliphatic hydroxyl groups excluding tert-OH is 1. The first-order chi connectivity index (χ1) is 11.6. The maximum atomic E-state index is 12.4. The Bertz CT molecular complexity index is 625. The molecule has 0 saturated heterocycles. The van der Waals surface area contributed by atoms with E-state index in [1.807, 2.05) is 0 Å². The topological polar surface area (TPSA) is 57.5 Å². The maximum absolute atomic E-state index is 12.4. The number of carbonyl (C=O) groups excluding carboxylic acids is 1. The molecule has 0 aromatic carbocycles. The van der Waals surface area contributed by atoms with Gasteiger partial charge in [-0.05, 0) is 81.0 Å². The highest BCUT2D eigenvalue weighted by molar-refractivity contribution is 5.86. The van der Waals surface area contributed by atoms with Crippen molar-refractivity contribution in [2.45, 2.75) is 84.3 Å². The number of hydrogen-bond donors (Lipinski definition) is 2. The first-order valence-corrected chi connectivity index (χ1v) is 10.3. The minimum Gasteiger partial charge on any atom is -0.393 e. The number of ketones is 1. The lowest BCUT2D eigenvalue weighted by Crippen LogP contribution is -2.58. The Labute approximate surface area is 151 Å². The molecule has 2 N–H and O–H groups in total. The van der Waals surface area contributed by atoms with Crippen molar-refractivity contribution in [1.82, 2.24) is 0 Å². The zero-order chi connectivity index (χ0) is 18.2. The van der Waals surface area contributed by atoms with E-state index in [4.69, 9.17) is 0 Å². The Kier molecular flexibility index (Phi) is 3.84. The van der Waals surface area contributed by atoms with Gasteiger partial charge in [0.15, 0.2) is 5.78 Å². The molecule has 3 saturated carbocycles. The van der Waals surface area contributed by atoms with E-state index < -0.39 is 5.60 Å². The van der Waals surface area contributed by atoms with Gasteiger partial charge in [-0.1, -0.05) is 32.4 Å². The molecule has 140 valence electrons. The fourth-order valence-corrected chi connectivity index (χ4v) is 7.73. The lowest BCUT2D eigenvalue weighted by molar-refractivity contribution is -0.165. The molecule has 3 nitrogen and oxygen atoms in total. The standard InChI is InChI=1S/C22H34O3/c1-13-11-19-17-6-5-15-12-16(24)7-9-20(15,3)18(17)8-10-21(19,4)22(13,25)14(2)23/h5,13,16-19,24-25H,6-12H2,1-4H3/t13-,16+,17-,18?,19?,20+,21+,22+/m1/s1. The van der Waals surface area contributed by atoms with Crippen LogP contribution in [-0.2, 0) is 4.79 Å². The highest BCUT2D eigenvalue weighted by Crippen LogP contribution is 2.68. The highest BCUT2D eigenvalue weighted by atomic mass is 16.3. The summed E-state index contributed by atoms with van der Waals surface area (Å²) >= 11 is 0. The van der Waals surface area contributed by atoms with E-state index in [0.717, 1.165) is 44.9 Å². The van der Waals surface area contributed by atoms with Gasteiger partial charge in [0.25, 0.3) is 0 Å². The van der Waals surface area contributed by atoms with Gasteiger partial charge < -0.3 is 10.2 Å². The van der Waals surface area contributed by atoms with E-state index in [1.165, 1.54) is 5.57 Å². The quantitative estimate of drug-likeness (QED) is 0.709. The molecule has 3 fully saturated rings. The fraction of sp³-hybridized carbons (Fsp3) is 0.864. The number of carbonyl (C=O) groups is 1. The summed E-state index contributed by atoms with van der Waals surface area (Å²) < 4.78 is 0. The van der Waals surface area contributed by atoms with E-state index >= 15 is 0 Å². The van der Waals surface area contributed by atoms with Crippen molar-refractivity contribution in [3.63, 3.8) is 0 Å². The number of allylic oxidation sites excluding steroid dienone is 1. The van der Waals surface area contributed by atoms with Crippen LogP contribution < -0.4 is 0 Å². The van der Waals surface area contributed by atoms with E-state index in [0.29, 0.717) is 17.8 Å². The van der Waals surface area contributed by atoms with Gasteiger partial charge >= 0.3 is 0 Å². The second kappa shape index (κ2) is 5.42. The van der Waals surface area contributed by atoms with Crippen LogP contribution in [0.15, 0.2) is 11.6 Å². The molecule has 0 aromatic heterocycles. The smallest absolute Gasteiger partial charge is 0.162 e. The Morgan fingerprint density at radius 1 is 1.20 bits per heavy atom. The van der Waals surface area contributed by atoms with Crippen LogP contribution in [0, 0.1) is 34.5 Å². The van der Waals surface area contributed by atoms with Crippen LogP contribution in [0.1, 0.15) is 72.6 Å². The summed E-state index contributed by atoms with van der Waals surface area (Å²) in [6.07, 6.45) is 9.15. The molecule has 0 aromatic rings. The summed E-state index contributed by atoms with van der Waals surface area (Å²) in [6, 6.07) is 0. The third-order valence-corrected chi connectivity index (χ3v) is 9.20. The van der Waals surface area contributed by atoms with Crippen molar-refractivity contribution in [3.8, 4) is 0 Å². The molecule has 0 radical (unpaired) electrons. The van der Waals surface area contributed by atoms with Gasteiger partial charge in [0, 0.05) is 5.41 Å². The minimum atomic E-state index is -1.16. The van der Waals surface area contributed by atoms with Gasteiger partial charge in [-0.3, -0.25) is 4.79 Å². The molecule has 3 heteroatoms. The number of aliphatic hydroxyl groups is 2. The molecule has 0 heterocycles. The Hall–Kier alpha value is -0.670. The lowest BCUT2D eigenvalue weighted by atomic mass is 9.46. The van der Waals surface area contributed by atoms with Crippen molar-refractivity contribution in [2.75, 3.05) is 0 Å². The van der Waals surface area contributed by atoms with Crippen LogP contribution >= 0.6 is 0 Å². The summed E-state index contributed by atoms with van der Waals surface area (Å²) in [5.41, 5.74) is 0.249. The molecule has 2 unspecified atom stereocenters. The van der Waals surface area contributed by atoms with Crippen LogP contribution in [0.5, 0.6) is 0 Å². The van der Waals surface area contributed by atoms with E-state index in [-0.39, 0.29) is 28.6 Å². The van der Waals surface area contributed by atoms with Crippen molar-refractivity contribution < 1.29 is 15.0 Å². The van der Waals surface area contributed by atoms with Crippen LogP contribution in [0.25, 0.3) is 0 Å². The zero-order valence-corrected chi connectivity index (χ0v) is 16.2. The Morgan fingerprint density at radius 2 is 1.92 bits per heavy atom. The number of fused-ring (bicyclic) bond motifs is 5. The largest absolute Gasteiger partial charge is 0.393 e. The van der Waals surface area contributed by atoms with Gasteiger partial charge in [0.2, 0.25) is 0 Å². The zero-order valence-electron chi connectivity index (χ0n) is 16.2. The molecule has 8 atom stereocenters. The van der Waals surface area contributed by atoms with Gasteiger partial charge in [-0.2, -0.15) is 0 Å². The maximum Gasteiger partial charge on any atom is 0.162 e. The molecule has 0 aliphatic heterocycles. The predicted molar refractivity (Wildman–Crippen MR) is 97.9 cm³/mol. The Balaban J connectivity index is 1.72. The summed E-state index contributed by atoms with van der Waals surface area (Å²) in [4.78, 5) is 12.4. The minimum absolute atomic E-state index is 0.0394.